The van der Waals surface area contributed by atoms with Crippen molar-refractivity contribution in [3.05, 3.63) is 48.2 Å². The van der Waals surface area contributed by atoms with Gasteiger partial charge in [0.2, 0.25) is 5.91 Å². The molecule has 96 valence electrons. The summed E-state index contributed by atoms with van der Waals surface area (Å²) < 4.78 is 0. The van der Waals surface area contributed by atoms with Crippen LogP contribution in [0.2, 0.25) is 0 Å². The molecule has 4 nitrogen and oxygen atoms in total. The number of para-hydroxylation sites is 1. The van der Waals surface area contributed by atoms with Gasteiger partial charge in [-0.15, -0.1) is 0 Å². The zero-order chi connectivity index (χ0) is 13.2. The molecule has 0 bridgehead atoms. The minimum atomic E-state index is -0.105. The van der Waals surface area contributed by atoms with Crippen molar-refractivity contribution >= 4 is 23.1 Å². The second-order valence-corrected chi connectivity index (χ2v) is 4.61. The number of aromatic nitrogens is 1. The fourth-order valence-electron chi connectivity index (χ4n) is 2.41. The predicted molar refractivity (Wildman–Crippen MR) is 75.7 cm³/mol. The van der Waals surface area contributed by atoms with Crippen molar-refractivity contribution in [2.24, 2.45) is 0 Å². The summed E-state index contributed by atoms with van der Waals surface area (Å²) in [6.07, 6.45) is 2.86. The number of nitrogens with one attached hydrogen (secondary N) is 1. The minimum absolute atomic E-state index is 0.105. The normalized spacial score (nSPS) is 13.2. The Kier molecular flexibility index (Phi) is 2.91. The number of carbonyl (C=O) groups is 1. The minimum Gasteiger partial charge on any atom is -0.340 e. The van der Waals surface area contributed by atoms with Gasteiger partial charge in [0.1, 0.15) is 5.82 Å². The van der Waals surface area contributed by atoms with E-state index in [1.807, 2.05) is 12.1 Å². The Bertz CT molecular complexity index is 607. The largest absolute Gasteiger partial charge is 0.340 e. The molecule has 1 aliphatic rings. The molecule has 2 aromatic rings. The van der Waals surface area contributed by atoms with E-state index in [-0.39, 0.29) is 5.91 Å². The summed E-state index contributed by atoms with van der Waals surface area (Å²) >= 11 is 0. The zero-order valence-electron chi connectivity index (χ0n) is 10.8. The molecular weight excluding hydrogens is 238 g/mol. The summed E-state index contributed by atoms with van der Waals surface area (Å²) in [6.45, 7) is 2.45. The van der Waals surface area contributed by atoms with Gasteiger partial charge in [-0.05, 0) is 30.2 Å². The van der Waals surface area contributed by atoms with Gasteiger partial charge < -0.3 is 10.2 Å². The fourth-order valence-corrected chi connectivity index (χ4v) is 2.41. The highest BCUT2D eigenvalue weighted by Gasteiger charge is 2.19. The number of benzene rings is 1. The Hall–Kier alpha value is -2.36. The number of rotatable bonds is 2. The van der Waals surface area contributed by atoms with Crippen LogP contribution in [0.3, 0.4) is 0 Å². The Morgan fingerprint density at radius 2 is 2.11 bits per heavy atom. The molecule has 1 aromatic carbocycles. The Labute approximate surface area is 112 Å². The SMILES string of the molecule is CC(=O)Nc1ccc(N2CCc3ccccc32)cn1. The summed E-state index contributed by atoms with van der Waals surface area (Å²) in [4.78, 5) is 17.5. The van der Waals surface area contributed by atoms with Crippen molar-refractivity contribution in [1.29, 1.82) is 0 Å². The number of carbonyl (C=O) groups excluding carboxylic acids is 1. The maximum atomic E-state index is 11.0. The number of hydrogen-bond donors (Lipinski definition) is 1. The monoisotopic (exact) mass is 253 g/mol. The summed E-state index contributed by atoms with van der Waals surface area (Å²) in [5.41, 5.74) is 3.67. The summed E-state index contributed by atoms with van der Waals surface area (Å²) in [5.74, 6) is 0.482. The van der Waals surface area contributed by atoms with Gasteiger partial charge in [-0.25, -0.2) is 4.98 Å². The van der Waals surface area contributed by atoms with Gasteiger partial charge in [0.05, 0.1) is 11.9 Å². The topological polar surface area (TPSA) is 45.2 Å². The molecule has 2 heterocycles. The zero-order valence-corrected chi connectivity index (χ0v) is 10.8. The molecule has 0 saturated carbocycles. The molecular formula is C15H15N3O. The molecule has 1 N–H and O–H groups in total. The van der Waals surface area contributed by atoms with E-state index in [2.05, 4.69) is 39.5 Å². The lowest BCUT2D eigenvalue weighted by Gasteiger charge is -2.19. The smallest absolute Gasteiger partial charge is 0.222 e. The van der Waals surface area contributed by atoms with Gasteiger partial charge in [0, 0.05) is 19.2 Å². The van der Waals surface area contributed by atoms with Crippen LogP contribution in [0.25, 0.3) is 0 Å². The first-order chi connectivity index (χ1) is 9.24. The standard InChI is InChI=1S/C15H15N3O/c1-11(19)17-15-7-6-13(10-16-15)18-9-8-12-4-2-3-5-14(12)18/h2-7,10H,8-9H2,1H3,(H,16,17,19). The number of nitrogens with zero attached hydrogens (tertiary/aromatic N) is 2. The van der Waals surface area contributed by atoms with Crippen LogP contribution in [0.1, 0.15) is 12.5 Å². The van der Waals surface area contributed by atoms with E-state index in [1.165, 1.54) is 18.2 Å². The molecule has 3 rings (SSSR count). The molecule has 0 atom stereocenters. The molecule has 0 spiro atoms. The summed E-state index contributed by atoms with van der Waals surface area (Å²) in [6, 6.07) is 12.2. The lowest BCUT2D eigenvalue weighted by atomic mass is 10.2. The quantitative estimate of drug-likeness (QED) is 0.895. The third-order valence-electron chi connectivity index (χ3n) is 3.25. The molecule has 19 heavy (non-hydrogen) atoms. The van der Waals surface area contributed by atoms with Crippen LogP contribution in [0.4, 0.5) is 17.2 Å². The number of pyridine rings is 1. The number of hydrogen-bond acceptors (Lipinski definition) is 3. The second kappa shape index (κ2) is 4.72. The molecule has 4 heteroatoms. The predicted octanol–water partition coefficient (Wildman–Crippen LogP) is 2.73. The maximum Gasteiger partial charge on any atom is 0.222 e. The molecule has 0 saturated heterocycles. The molecule has 0 radical (unpaired) electrons. The van der Waals surface area contributed by atoms with Crippen LogP contribution >= 0.6 is 0 Å². The van der Waals surface area contributed by atoms with E-state index in [9.17, 15) is 4.79 Å². The number of fused-ring (bicyclic) bond motifs is 1. The molecule has 1 aromatic heterocycles. The Morgan fingerprint density at radius 1 is 1.26 bits per heavy atom. The first kappa shape index (κ1) is 11.7. The van der Waals surface area contributed by atoms with E-state index in [1.54, 1.807) is 6.20 Å². The van der Waals surface area contributed by atoms with E-state index < -0.39 is 0 Å². The fraction of sp³-hybridized carbons (Fsp3) is 0.200. The van der Waals surface area contributed by atoms with Gasteiger partial charge >= 0.3 is 0 Å². The maximum absolute atomic E-state index is 11.0. The van der Waals surface area contributed by atoms with Crippen LogP contribution in [0.15, 0.2) is 42.6 Å². The number of amides is 1. The van der Waals surface area contributed by atoms with E-state index in [0.29, 0.717) is 5.82 Å². The average Bonchev–Trinajstić information content (AvgIpc) is 2.83. The number of anilines is 3. The molecule has 0 fully saturated rings. The van der Waals surface area contributed by atoms with Crippen molar-refractivity contribution < 1.29 is 4.79 Å². The van der Waals surface area contributed by atoms with Crippen molar-refractivity contribution in [2.45, 2.75) is 13.3 Å². The van der Waals surface area contributed by atoms with Crippen molar-refractivity contribution in [2.75, 3.05) is 16.8 Å². The van der Waals surface area contributed by atoms with Crippen molar-refractivity contribution in [3.63, 3.8) is 0 Å². The lowest BCUT2D eigenvalue weighted by molar-refractivity contribution is -0.114. The van der Waals surface area contributed by atoms with Gasteiger partial charge in [-0.1, -0.05) is 18.2 Å². The molecule has 1 aliphatic heterocycles. The van der Waals surface area contributed by atoms with Crippen LogP contribution < -0.4 is 10.2 Å². The van der Waals surface area contributed by atoms with E-state index in [4.69, 9.17) is 0 Å². The third-order valence-corrected chi connectivity index (χ3v) is 3.25. The Morgan fingerprint density at radius 3 is 2.84 bits per heavy atom. The van der Waals surface area contributed by atoms with Gasteiger partial charge in [0.25, 0.3) is 0 Å². The van der Waals surface area contributed by atoms with Gasteiger partial charge in [-0.3, -0.25) is 4.79 Å². The Balaban J connectivity index is 1.86. The van der Waals surface area contributed by atoms with Crippen molar-refractivity contribution in [1.82, 2.24) is 4.98 Å². The second-order valence-electron chi connectivity index (χ2n) is 4.61. The van der Waals surface area contributed by atoms with Crippen LogP contribution in [-0.2, 0) is 11.2 Å². The lowest BCUT2D eigenvalue weighted by Crippen LogP contribution is -2.14. The van der Waals surface area contributed by atoms with Crippen LogP contribution in [0.5, 0.6) is 0 Å². The highest BCUT2D eigenvalue weighted by atomic mass is 16.1. The van der Waals surface area contributed by atoms with Crippen LogP contribution in [0, 0.1) is 0 Å². The average molecular weight is 253 g/mol. The van der Waals surface area contributed by atoms with Crippen LogP contribution in [-0.4, -0.2) is 17.4 Å². The van der Waals surface area contributed by atoms with E-state index in [0.717, 1.165) is 18.7 Å². The highest BCUT2D eigenvalue weighted by Crippen LogP contribution is 2.33. The first-order valence-corrected chi connectivity index (χ1v) is 6.33. The molecule has 0 aliphatic carbocycles. The van der Waals surface area contributed by atoms with Gasteiger partial charge in [-0.2, -0.15) is 0 Å². The summed E-state index contributed by atoms with van der Waals surface area (Å²) in [5, 5.41) is 2.67. The molecule has 0 unspecified atom stereocenters. The van der Waals surface area contributed by atoms with E-state index >= 15 is 0 Å². The first-order valence-electron chi connectivity index (χ1n) is 6.33. The summed E-state index contributed by atoms with van der Waals surface area (Å²) in [7, 11) is 0. The van der Waals surface area contributed by atoms with Crippen molar-refractivity contribution in [3.8, 4) is 0 Å². The molecule has 1 amide bonds. The highest BCUT2D eigenvalue weighted by molar-refractivity contribution is 5.87. The third kappa shape index (κ3) is 2.29. The van der Waals surface area contributed by atoms with Gasteiger partial charge in [0.15, 0.2) is 0 Å².